The van der Waals surface area contributed by atoms with E-state index in [2.05, 4.69) is 77.3 Å². The maximum atomic E-state index is 12.6. The van der Waals surface area contributed by atoms with E-state index in [0.29, 0.717) is 23.2 Å². The number of aromatic hydroxyl groups is 1. The molecule has 1 fully saturated rings. The average Bonchev–Trinajstić information content (AvgIpc) is 3.07. The first-order valence-corrected chi connectivity index (χ1v) is 15.5. The summed E-state index contributed by atoms with van der Waals surface area (Å²) in [7, 11) is 0. The third-order valence-corrected chi connectivity index (χ3v) is 8.34. The minimum Gasteiger partial charge on any atom is -0.508 e. The first-order valence-electron chi connectivity index (χ1n) is 15.5. The summed E-state index contributed by atoms with van der Waals surface area (Å²) in [6.07, 6.45) is 3.65. The van der Waals surface area contributed by atoms with Crippen LogP contribution >= 0.6 is 0 Å². The Morgan fingerprint density at radius 1 is 0.979 bits per heavy atom. The monoisotopic (exact) mass is 628 g/mol. The van der Waals surface area contributed by atoms with Crippen LogP contribution < -0.4 is 15.4 Å². The van der Waals surface area contributed by atoms with Crippen LogP contribution in [0.15, 0.2) is 96.8 Å². The molecule has 47 heavy (non-hydrogen) atoms. The number of allylic oxidation sites excluding steroid dienone is 1. The molecular formula is C39H36N2O6. The molecule has 0 spiro atoms. The van der Waals surface area contributed by atoms with Crippen LogP contribution in [-0.2, 0) is 25.5 Å². The standard InChI is InChI=1S/C39H36N2O6/c1-3-32(38(44)40-35-21-22-36(43)41-39(35)45)26(2)46-23-9-4-5-10-24-47-31-17-13-28(14-18-31)37-33(27-11-7-6-8-12-27)19-15-29-25-30(42)16-20-34(29)37/h3,6-8,11-14,16-18,20,25,33,35,37,42H,1,15,19,21-24H2,2H3,(H,40,44)(H,41,43,45)/b32-26+/t33?,35-,37?/m0/s1. The molecule has 0 saturated carbocycles. The summed E-state index contributed by atoms with van der Waals surface area (Å²) in [6, 6.07) is 23.6. The summed E-state index contributed by atoms with van der Waals surface area (Å²) >= 11 is 0. The maximum Gasteiger partial charge on any atom is 0.255 e. The van der Waals surface area contributed by atoms with Gasteiger partial charge in [-0.25, -0.2) is 0 Å². The highest BCUT2D eigenvalue weighted by Gasteiger charge is 2.32. The van der Waals surface area contributed by atoms with E-state index in [9.17, 15) is 19.5 Å². The number of phenols is 1. The molecule has 1 aliphatic carbocycles. The highest BCUT2D eigenvalue weighted by Crippen LogP contribution is 2.47. The molecule has 3 atom stereocenters. The Morgan fingerprint density at radius 2 is 1.72 bits per heavy atom. The van der Waals surface area contributed by atoms with Gasteiger partial charge in [-0.15, -0.1) is 0 Å². The van der Waals surface area contributed by atoms with Crippen molar-refractivity contribution in [1.29, 1.82) is 0 Å². The molecule has 1 aliphatic heterocycles. The van der Waals surface area contributed by atoms with E-state index in [1.54, 1.807) is 13.0 Å². The minimum absolute atomic E-state index is 0.000241. The lowest BCUT2D eigenvalue weighted by Crippen LogP contribution is -2.52. The first kappa shape index (κ1) is 32.7. The van der Waals surface area contributed by atoms with Crippen molar-refractivity contribution in [2.24, 2.45) is 0 Å². The molecule has 3 amide bonds. The second-order valence-corrected chi connectivity index (χ2v) is 11.3. The molecule has 3 N–H and O–H groups in total. The smallest absolute Gasteiger partial charge is 0.255 e. The van der Waals surface area contributed by atoms with Crippen molar-refractivity contribution in [2.45, 2.75) is 50.5 Å². The van der Waals surface area contributed by atoms with Gasteiger partial charge in [-0.3, -0.25) is 19.7 Å². The fraction of sp³-hybridized carbons (Fsp3) is 0.256. The predicted molar refractivity (Wildman–Crippen MR) is 178 cm³/mol. The fourth-order valence-electron chi connectivity index (χ4n) is 6.01. The van der Waals surface area contributed by atoms with Gasteiger partial charge in [-0.1, -0.05) is 61.2 Å². The Kier molecular flexibility index (Phi) is 10.8. The molecule has 5 rings (SSSR count). The van der Waals surface area contributed by atoms with Crippen molar-refractivity contribution in [2.75, 3.05) is 13.2 Å². The maximum absolute atomic E-state index is 12.6. The van der Waals surface area contributed by atoms with Crippen molar-refractivity contribution in [3.63, 3.8) is 0 Å². The van der Waals surface area contributed by atoms with E-state index < -0.39 is 17.9 Å². The van der Waals surface area contributed by atoms with E-state index in [1.165, 1.54) is 28.3 Å². The second kappa shape index (κ2) is 15.5. The van der Waals surface area contributed by atoms with Crippen LogP contribution in [-0.4, -0.2) is 42.1 Å². The molecule has 0 bridgehead atoms. The van der Waals surface area contributed by atoms with Crippen LogP contribution in [0.2, 0.25) is 0 Å². The number of amides is 3. The summed E-state index contributed by atoms with van der Waals surface area (Å²) < 4.78 is 11.4. The van der Waals surface area contributed by atoms with Crippen molar-refractivity contribution >= 4 is 17.7 Å². The fourth-order valence-corrected chi connectivity index (χ4v) is 6.01. The van der Waals surface area contributed by atoms with Gasteiger partial charge >= 0.3 is 0 Å². The predicted octanol–water partition coefficient (Wildman–Crippen LogP) is 5.04. The van der Waals surface area contributed by atoms with Crippen LogP contribution in [0.4, 0.5) is 0 Å². The third kappa shape index (κ3) is 8.31. The SMILES string of the molecule is C=C/C(C(=O)N[C@H]1CCC(=O)NC1=O)=C(/C)OCC#CC#CCOc1ccc(C2c3ccc(O)cc3CCC2c2ccccc2)cc1. The zero-order valence-electron chi connectivity index (χ0n) is 26.2. The molecule has 238 valence electrons. The van der Waals surface area contributed by atoms with E-state index in [1.807, 2.05) is 30.3 Å². The highest BCUT2D eigenvalue weighted by atomic mass is 16.5. The third-order valence-electron chi connectivity index (χ3n) is 8.34. The number of hydrogen-bond acceptors (Lipinski definition) is 6. The van der Waals surface area contributed by atoms with Crippen LogP contribution in [0.3, 0.4) is 0 Å². The molecule has 2 aliphatic rings. The van der Waals surface area contributed by atoms with Gasteiger partial charge in [-0.05, 0) is 102 Å². The molecular weight excluding hydrogens is 592 g/mol. The molecule has 1 saturated heterocycles. The average molecular weight is 629 g/mol. The van der Waals surface area contributed by atoms with Gasteiger partial charge in [0.15, 0.2) is 0 Å². The van der Waals surface area contributed by atoms with Crippen LogP contribution in [0.1, 0.15) is 60.3 Å². The zero-order chi connectivity index (χ0) is 33.2. The van der Waals surface area contributed by atoms with Gasteiger partial charge in [0.05, 0.1) is 5.57 Å². The van der Waals surface area contributed by atoms with E-state index in [-0.39, 0.29) is 43.5 Å². The summed E-state index contributed by atoms with van der Waals surface area (Å²) in [4.78, 5) is 35.9. The van der Waals surface area contributed by atoms with Crippen LogP contribution in [0.5, 0.6) is 11.5 Å². The van der Waals surface area contributed by atoms with Gasteiger partial charge in [0.1, 0.15) is 36.5 Å². The molecule has 1 heterocycles. The van der Waals surface area contributed by atoms with Gasteiger partial charge in [0.25, 0.3) is 5.91 Å². The summed E-state index contributed by atoms with van der Waals surface area (Å²) in [5.41, 5.74) is 5.09. The van der Waals surface area contributed by atoms with E-state index in [0.717, 1.165) is 12.8 Å². The Balaban J connectivity index is 1.14. The number of phenolic OH excluding ortho intramolecular Hbond substituents is 1. The van der Waals surface area contributed by atoms with E-state index in [4.69, 9.17) is 9.47 Å². The van der Waals surface area contributed by atoms with Gasteiger partial charge < -0.3 is 19.9 Å². The van der Waals surface area contributed by atoms with Crippen LogP contribution in [0.25, 0.3) is 0 Å². The Bertz CT molecular complexity index is 1810. The Labute approximate surface area is 274 Å². The quantitative estimate of drug-likeness (QED) is 0.101. The number of imide groups is 1. The number of aryl methyl sites for hydroxylation is 1. The molecule has 0 aromatic heterocycles. The molecule has 3 aromatic rings. The number of carbonyl (C=O) groups excluding carboxylic acids is 3. The minimum atomic E-state index is -0.796. The number of nitrogens with one attached hydrogen (secondary N) is 2. The highest BCUT2D eigenvalue weighted by molar-refractivity contribution is 6.04. The number of piperidine rings is 1. The Hall–Kier alpha value is -5.73. The number of benzene rings is 3. The number of hydrogen-bond donors (Lipinski definition) is 3. The first-order chi connectivity index (χ1) is 22.8. The largest absolute Gasteiger partial charge is 0.508 e. The lowest BCUT2D eigenvalue weighted by Gasteiger charge is -2.34. The van der Waals surface area contributed by atoms with Crippen LogP contribution in [0, 0.1) is 23.7 Å². The van der Waals surface area contributed by atoms with Gasteiger partial charge in [0, 0.05) is 12.3 Å². The zero-order valence-corrected chi connectivity index (χ0v) is 26.2. The topological polar surface area (TPSA) is 114 Å². The molecule has 3 aromatic carbocycles. The normalized spacial score (nSPS) is 18.9. The van der Waals surface area contributed by atoms with E-state index >= 15 is 0 Å². The van der Waals surface area contributed by atoms with Crippen molar-refractivity contribution < 1.29 is 29.0 Å². The molecule has 2 unspecified atom stereocenters. The van der Waals surface area contributed by atoms with Gasteiger partial charge in [0.2, 0.25) is 11.8 Å². The summed E-state index contributed by atoms with van der Waals surface area (Å²) in [5.74, 6) is 11.5. The van der Waals surface area contributed by atoms with Gasteiger partial charge in [-0.2, -0.15) is 0 Å². The number of carbonyl (C=O) groups is 3. The Morgan fingerprint density at radius 3 is 2.45 bits per heavy atom. The molecule has 8 nitrogen and oxygen atoms in total. The number of rotatable bonds is 9. The van der Waals surface area contributed by atoms with Crippen molar-refractivity contribution in [3.05, 3.63) is 119 Å². The number of ether oxygens (including phenoxy) is 2. The summed E-state index contributed by atoms with van der Waals surface area (Å²) in [6.45, 7) is 5.42. The lowest BCUT2D eigenvalue weighted by molar-refractivity contribution is -0.136. The molecule has 0 radical (unpaired) electrons. The summed E-state index contributed by atoms with van der Waals surface area (Å²) in [5, 5.41) is 14.9. The second-order valence-electron chi connectivity index (χ2n) is 11.3. The lowest BCUT2D eigenvalue weighted by atomic mass is 9.69. The molecule has 8 heteroatoms. The van der Waals surface area contributed by atoms with Crippen molar-refractivity contribution in [1.82, 2.24) is 10.6 Å². The number of fused-ring (bicyclic) bond motifs is 1. The van der Waals surface area contributed by atoms with Crippen molar-refractivity contribution in [3.8, 4) is 35.2 Å².